The van der Waals surface area contributed by atoms with E-state index in [1.807, 2.05) is 0 Å². The van der Waals surface area contributed by atoms with Crippen LogP contribution < -0.4 is 5.43 Å². The predicted octanol–water partition coefficient (Wildman–Crippen LogP) is 4.27. The quantitative estimate of drug-likeness (QED) is 0.281. The lowest BCUT2D eigenvalue weighted by atomic mass is 10.1. The summed E-state index contributed by atoms with van der Waals surface area (Å²) in [5.41, 5.74) is 2.22. The van der Waals surface area contributed by atoms with Crippen LogP contribution in [-0.4, -0.2) is 23.8 Å². The first kappa shape index (κ1) is 19.4. The third-order valence-corrected chi connectivity index (χ3v) is 3.10. The molecule has 0 saturated heterocycles. The van der Waals surface area contributed by atoms with Gasteiger partial charge in [-0.2, -0.15) is 5.10 Å². The van der Waals surface area contributed by atoms with E-state index in [0.717, 1.165) is 19.3 Å². The van der Waals surface area contributed by atoms with Gasteiger partial charge in [0.15, 0.2) is 0 Å². The van der Waals surface area contributed by atoms with Gasteiger partial charge in [-0.1, -0.05) is 39.0 Å². The molecule has 8 heteroatoms. The lowest BCUT2D eigenvalue weighted by Gasteiger charge is -2.03. The number of hydrogen-bond donors (Lipinski definition) is 1. The van der Waals surface area contributed by atoms with Gasteiger partial charge in [-0.3, -0.25) is 10.1 Å². The van der Waals surface area contributed by atoms with Crippen LogP contribution in [0.3, 0.4) is 0 Å². The highest BCUT2D eigenvalue weighted by atomic mass is 16.6. The Morgan fingerprint density at radius 1 is 1.33 bits per heavy atom. The van der Waals surface area contributed by atoms with Crippen LogP contribution in [0.2, 0.25) is 0 Å². The van der Waals surface area contributed by atoms with Crippen LogP contribution >= 0.6 is 0 Å². The molecule has 0 spiro atoms. The Balaban J connectivity index is 2.11. The first-order chi connectivity index (χ1) is 11.6. The van der Waals surface area contributed by atoms with Crippen molar-refractivity contribution in [3.05, 3.63) is 34.1 Å². The Hall–Kier alpha value is -2.64. The molecule has 0 radical (unpaired) electrons. The molecule has 0 saturated carbocycles. The van der Waals surface area contributed by atoms with Gasteiger partial charge >= 0.3 is 12.0 Å². The van der Waals surface area contributed by atoms with Crippen LogP contribution in [0.4, 0.5) is 10.7 Å². The summed E-state index contributed by atoms with van der Waals surface area (Å²) in [7, 11) is 0. The number of nitrogens with zero attached hydrogens (tertiary/aromatic N) is 2. The molecule has 0 unspecified atom stereocenters. The van der Waals surface area contributed by atoms with Crippen molar-refractivity contribution in [2.45, 2.75) is 45.4 Å². The van der Waals surface area contributed by atoms with Crippen molar-refractivity contribution < 1.29 is 18.9 Å². The number of allylic oxidation sites excluding steroid dienone is 1. The number of ether oxygens (including phenoxy) is 1. The maximum absolute atomic E-state index is 11.3. The van der Waals surface area contributed by atoms with Crippen molar-refractivity contribution in [1.29, 1.82) is 0 Å². The van der Waals surface area contributed by atoms with Gasteiger partial charge in [0.05, 0.1) is 12.7 Å². The second-order valence-electron chi connectivity index (χ2n) is 5.09. The molecule has 0 aromatic carbocycles. The molecule has 1 amide bonds. The van der Waals surface area contributed by atoms with Crippen molar-refractivity contribution in [3.8, 4) is 0 Å². The largest absolute Gasteiger partial charge is 0.448 e. The number of nitro groups is 1. The van der Waals surface area contributed by atoms with Crippen molar-refractivity contribution in [3.63, 3.8) is 0 Å². The van der Waals surface area contributed by atoms with Gasteiger partial charge in [0.2, 0.25) is 0 Å². The summed E-state index contributed by atoms with van der Waals surface area (Å²) in [6, 6.07) is 2.72. The van der Waals surface area contributed by atoms with Gasteiger partial charge < -0.3 is 9.15 Å². The second-order valence-corrected chi connectivity index (χ2v) is 5.09. The third kappa shape index (κ3) is 8.72. The Labute approximate surface area is 140 Å². The smallest absolute Gasteiger partial charge is 0.433 e. The van der Waals surface area contributed by atoms with Crippen molar-refractivity contribution >= 4 is 24.3 Å². The highest BCUT2D eigenvalue weighted by Crippen LogP contribution is 2.16. The number of unbranched alkanes of at least 4 members (excludes halogenated alkanes) is 5. The summed E-state index contributed by atoms with van der Waals surface area (Å²) in [6.07, 6.45) is 10.4. The second kappa shape index (κ2) is 11.9. The highest BCUT2D eigenvalue weighted by molar-refractivity contribution is 5.78. The van der Waals surface area contributed by atoms with Gasteiger partial charge in [0, 0.05) is 6.21 Å². The van der Waals surface area contributed by atoms with Crippen LogP contribution in [0, 0.1) is 10.1 Å². The summed E-state index contributed by atoms with van der Waals surface area (Å²) in [5, 5.41) is 14.1. The third-order valence-electron chi connectivity index (χ3n) is 3.10. The van der Waals surface area contributed by atoms with Gasteiger partial charge in [0.25, 0.3) is 0 Å². The monoisotopic (exact) mass is 337 g/mol. The van der Waals surface area contributed by atoms with E-state index in [9.17, 15) is 14.9 Å². The Morgan fingerprint density at radius 2 is 2.08 bits per heavy atom. The van der Waals surface area contributed by atoms with E-state index in [1.165, 1.54) is 49.8 Å². The molecule has 8 nitrogen and oxygen atoms in total. The molecule has 0 aliphatic rings. The molecule has 0 atom stereocenters. The van der Waals surface area contributed by atoms with Crippen molar-refractivity contribution in [2.75, 3.05) is 6.61 Å². The molecule has 24 heavy (non-hydrogen) atoms. The fourth-order valence-corrected chi connectivity index (χ4v) is 1.88. The molecule has 0 aliphatic carbocycles. The van der Waals surface area contributed by atoms with Crippen molar-refractivity contribution in [1.82, 2.24) is 5.43 Å². The van der Waals surface area contributed by atoms with Gasteiger partial charge in [-0.25, -0.2) is 10.2 Å². The Bertz CT molecular complexity index is 566. The van der Waals surface area contributed by atoms with E-state index in [-0.39, 0.29) is 5.88 Å². The van der Waals surface area contributed by atoms with Crippen molar-refractivity contribution in [2.24, 2.45) is 5.10 Å². The minimum atomic E-state index is -0.618. The maximum atomic E-state index is 11.3. The van der Waals surface area contributed by atoms with Crippen LogP contribution in [0.25, 0.3) is 6.08 Å². The molecule has 0 aliphatic heterocycles. The van der Waals surface area contributed by atoms with Crippen LogP contribution in [-0.2, 0) is 4.74 Å². The minimum Gasteiger partial charge on any atom is -0.448 e. The Morgan fingerprint density at radius 3 is 2.79 bits per heavy atom. The summed E-state index contributed by atoms with van der Waals surface area (Å²) in [5.74, 6) is -0.0122. The standard InChI is InChI=1S/C16H23N3O5/c1-2-3-4-5-6-7-13-23-16(20)18-17-12-8-9-14-10-11-15(24-14)19(21)22/h8-12H,2-7,13H2,1H3,(H,18,20)/b9-8+,17-12+. The minimum absolute atomic E-state index is 0.318. The topological polar surface area (TPSA) is 107 Å². The number of hydrogen-bond acceptors (Lipinski definition) is 6. The Kier molecular flexibility index (Phi) is 9.59. The summed E-state index contributed by atoms with van der Waals surface area (Å²) in [6.45, 7) is 2.54. The lowest BCUT2D eigenvalue weighted by Crippen LogP contribution is -2.19. The zero-order valence-electron chi connectivity index (χ0n) is 13.8. The number of rotatable bonds is 11. The number of nitrogens with one attached hydrogen (secondary N) is 1. The number of amides is 1. The fourth-order valence-electron chi connectivity index (χ4n) is 1.88. The first-order valence-electron chi connectivity index (χ1n) is 8.00. The fraction of sp³-hybridized carbons (Fsp3) is 0.500. The first-order valence-corrected chi connectivity index (χ1v) is 8.00. The van der Waals surface area contributed by atoms with Crippen LogP contribution in [0.1, 0.15) is 51.2 Å². The van der Waals surface area contributed by atoms with E-state index < -0.39 is 11.0 Å². The molecular formula is C16H23N3O5. The van der Waals surface area contributed by atoms with Crippen LogP contribution in [0.15, 0.2) is 27.7 Å². The zero-order valence-corrected chi connectivity index (χ0v) is 13.8. The number of hydrazone groups is 1. The van der Waals surface area contributed by atoms with E-state index in [1.54, 1.807) is 0 Å². The molecule has 1 N–H and O–H groups in total. The zero-order chi connectivity index (χ0) is 17.6. The summed E-state index contributed by atoms with van der Waals surface area (Å²) in [4.78, 5) is 21.1. The van der Waals surface area contributed by atoms with E-state index in [4.69, 9.17) is 9.15 Å². The van der Waals surface area contributed by atoms with Crippen LogP contribution in [0.5, 0.6) is 0 Å². The van der Waals surface area contributed by atoms with E-state index in [2.05, 4.69) is 17.5 Å². The molecule has 0 fully saturated rings. The SMILES string of the molecule is CCCCCCCCOC(=O)N/N=C/C=C/c1ccc([N+](=O)[O-])o1. The molecule has 1 rings (SSSR count). The summed E-state index contributed by atoms with van der Waals surface area (Å²) >= 11 is 0. The highest BCUT2D eigenvalue weighted by Gasteiger charge is 2.09. The number of carbonyl (C=O) groups excluding carboxylic acids is 1. The van der Waals surface area contributed by atoms with Gasteiger partial charge in [0.1, 0.15) is 10.7 Å². The van der Waals surface area contributed by atoms with Gasteiger partial charge in [-0.05, 0) is 24.6 Å². The molecule has 1 aromatic heterocycles. The van der Waals surface area contributed by atoms with E-state index in [0.29, 0.717) is 12.4 Å². The predicted molar refractivity (Wildman–Crippen MR) is 90.7 cm³/mol. The average Bonchev–Trinajstić information content (AvgIpc) is 3.03. The normalized spacial score (nSPS) is 11.2. The molecule has 0 bridgehead atoms. The van der Waals surface area contributed by atoms with Gasteiger partial charge in [-0.15, -0.1) is 0 Å². The maximum Gasteiger partial charge on any atom is 0.433 e. The lowest BCUT2D eigenvalue weighted by molar-refractivity contribution is -0.402. The molecular weight excluding hydrogens is 314 g/mol. The van der Waals surface area contributed by atoms with E-state index >= 15 is 0 Å². The molecule has 1 heterocycles. The number of carbonyl (C=O) groups is 1. The molecule has 132 valence electrons. The molecule has 1 aromatic rings. The number of furan rings is 1. The summed E-state index contributed by atoms with van der Waals surface area (Å²) < 4.78 is 9.88. The average molecular weight is 337 g/mol.